The topological polar surface area (TPSA) is 51.2 Å². The van der Waals surface area contributed by atoms with Crippen molar-refractivity contribution in [1.29, 1.82) is 0 Å². The first kappa shape index (κ1) is 16.0. The van der Waals surface area contributed by atoms with Gasteiger partial charge in [0.25, 0.3) is 5.91 Å². The van der Waals surface area contributed by atoms with Crippen LogP contribution >= 0.6 is 0 Å². The average Bonchev–Trinajstić information content (AvgIpc) is 2.45. The lowest BCUT2D eigenvalue weighted by Crippen LogP contribution is -2.20. The highest BCUT2D eigenvalue weighted by atomic mass is 16.5. The molecule has 1 heterocycles. The molecule has 0 aliphatic rings. The van der Waals surface area contributed by atoms with Gasteiger partial charge in [0.2, 0.25) is 0 Å². The molecule has 1 aromatic carbocycles. The largest absolute Gasteiger partial charge is 0.483 e. The van der Waals surface area contributed by atoms with Crippen LogP contribution in [0.1, 0.15) is 36.6 Å². The van der Waals surface area contributed by atoms with Crippen LogP contribution < -0.4 is 10.1 Å². The number of aryl methyl sites for hydroxylation is 2. The summed E-state index contributed by atoms with van der Waals surface area (Å²) in [7, 11) is 0. The summed E-state index contributed by atoms with van der Waals surface area (Å²) < 4.78 is 5.72. The lowest BCUT2D eigenvalue weighted by atomic mass is 10.0. The van der Waals surface area contributed by atoms with Crippen molar-refractivity contribution in [1.82, 2.24) is 4.98 Å². The molecule has 4 nitrogen and oxygen atoms in total. The molecule has 0 aliphatic carbocycles. The van der Waals surface area contributed by atoms with E-state index in [9.17, 15) is 4.79 Å². The molecule has 0 saturated heterocycles. The van der Waals surface area contributed by atoms with Crippen molar-refractivity contribution in [2.24, 2.45) is 0 Å². The molecule has 0 unspecified atom stereocenters. The number of carbonyl (C=O) groups is 1. The van der Waals surface area contributed by atoms with E-state index in [1.54, 1.807) is 12.3 Å². The smallest absolute Gasteiger partial charge is 0.262 e. The zero-order valence-corrected chi connectivity index (χ0v) is 13.5. The van der Waals surface area contributed by atoms with Gasteiger partial charge in [0.15, 0.2) is 6.61 Å². The summed E-state index contributed by atoms with van der Waals surface area (Å²) in [6.07, 6.45) is 1.67. The number of nitrogens with zero attached hydrogens (tertiary/aromatic N) is 1. The van der Waals surface area contributed by atoms with Crippen molar-refractivity contribution in [3.05, 3.63) is 53.3 Å². The van der Waals surface area contributed by atoms with Crippen LogP contribution in [0.25, 0.3) is 0 Å². The molecule has 4 heteroatoms. The molecule has 0 atom stereocenters. The van der Waals surface area contributed by atoms with Gasteiger partial charge in [0.1, 0.15) is 5.75 Å². The fraction of sp³-hybridized carbons (Fsp3) is 0.333. The molecule has 1 aromatic heterocycles. The molecule has 22 heavy (non-hydrogen) atoms. The zero-order valence-electron chi connectivity index (χ0n) is 13.5. The number of nitrogens with one attached hydrogen (secondary N) is 1. The first-order chi connectivity index (χ1) is 10.5. The van der Waals surface area contributed by atoms with Gasteiger partial charge in [-0.25, -0.2) is 0 Å². The Morgan fingerprint density at radius 3 is 2.68 bits per heavy atom. The van der Waals surface area contributed by atoms with E-state index in [4.69, 9.17) is 4.74 Å². The molecule has 116 valence electrons. The third-order valence-electron chi connectivity index (χ3n) is 3.33. The maximum Gasteiger partial charge on any atom is 0.262 e. The van der Waals surface area contributed by atoms with Crippen molar-refractivity contribution in [2.45, 2.75) is 33.6 Å². The SMILES string of the molecule is Cc1ccc(C(C)C)c(OCC(=O)Nc2ccnc(C)c2)c1. The van der Waals surface area contributed by atoms with Crippen LogP contribution in [-0.2, 0) is 4.79 Å². The predicted molar refractivity (Wildman–Crippen MR) is 88.4 cm³/mol. The van der Waals surface area contributed by atoms with Crippen LogP contribution in [0.15, 0.2) is 36.5 Å². The summed E-state index contributed by atoms with van der Waals surface area (Å²) in [5, 5.41) is 2.81. The van der Waals surface area contributed by atoms with Gasteiger partial charge in [-0.1, -0.05) is 26.0 Å². The molecular weight excluding hydrogens is 276 g/mol. The van der Waals surface area contributed by atoms with E-state index < -0.39 is 0 Å². The summed E-state index contributed by atoms with van der Waals surface area (Å²) in [6.45, 7) is 8.10. The predicted octanol–water partition coefficient (Wildman–Crippen LogP) is 3.84. The van der Waals surface area contributed by atoms with Crippen molar-refractivity contribution < 1.29 is 9.53 Å². The second kappa shape index (κ2) is 7.07. The van der Waals surface area contributed by atoms with E-state index in [2.05, 4.69) is 36.3 Å². The summed E-state index contributed by atoms with van der Waals surface area (Å²) in [6, 6.07) is 9.67. The van der Waals surface area contributed by atoms with Gasteiger partial charge in [0, 0.05) is 17.6 Å². The standard InChI is InChI=1S/C18H22N2O2/c1-12(2)16-6-5-13(3)9-17(16)22-11-18(21)20-15-7-8-19-14(4)10-15/h5-10,12H,11H2,1-4H3,(H,19,20,21). The minimum atomic E-state index is -0.179. The van der Waals surface area contributed by atoms with E-state index in [1.165, 1.54) is 0 Å². The third-order valence-corrected chi connectivity index (χ3v) is 3.33. The number of anilines is 1. The van der Waals surface area contributed by atoms with Crippen LogP contribution in [0.3, 0.4) is 0 Å². The number of hydrogen-bond donors (Lipinski definition) is 1. The lowest BCUT2D eigenvalue weighted by molar-refractivity contribution is -0.118. The Balaban J connectivity index is 2.01. The highest BCUT2D eigenvalue weighted by Gasteiger charge is 2.10. The van der Waals surface area contributed by atoms with E-state index in [0.29, 0.717) is 5.92 Å². The zero-order chi connectivity index (χ0) is 16.1. The fourth-order valence-electron chi connectivity index (χ4n) is 2.21. The number of carbonyl (C=O) groups excluding carboxylic acids is 1. The van der Waals surface area contributed by atoms with Gasteiger partial charge < -0.3 is 10.1 Å². The fourth-order valence-corrected chi connectivity index (χ4v) is 2.21. The lowest BCUT2D eigenvalue weighted by Gasteiger charge is -2.15. The number of amides is 1. The van der Waals surface area contributed by atoms with Crippen LogP contribution in [0.5, 0.6) is 5.75 Å². The molecule has 0 aliphatic heterocycles. The monoisotopic (exact) mass is 298 g/mol. The molecular formula is C18H22N2O2. The van der Waals surface area contributed by atoms with Gasteiger partial charge >= 0.3 is 0 Å². The number of hydrogen-bond acceptors (Lipinski definition) is 3. The summed E-state index contributed by atoms with van der Waals surface area (Å²) in [5.41, 5.74) is 3.82. The normalized spacial score (nSPS) is 10.6. The average molecular weight is 298 g/mol. The third kappa shape index (κ3) is 4.32. The summed E-state index contributed by atoms with van der Waals surface area (Å²) in [5.74, 6) is 0.944. The van der Waals surface area contributed by atoms with E-state index in [-0.39, 0.29) is 12.5 Å². The van der Waals surface area contributed by atoms with E-state index in [0.717, 1.165) is 28.3 Å². The Hall–Kier alpha value is -2.36. The number of benzene rings is 1. The summed E-state index contributed by atoms with van der Waals surface area (Å²) in [4.78, 5) is 16.1. The minimum Gasteiger partial charge on any atom is -0.483 e. The Morgan fingerprint density at radius 1 is 1.23 bits per heavy atom. The molecule has 2 aromatic rings. The van der Waals surface area contributed by atoms with Crippen molar-refractivity contribution in [2.75, 3.05) is 11.9 Å². The second-order valence-electron chi connectivity index (χ2n) is 5.72. The molecule has 0 saturated carbocycles. The van der Waals surface area contributed by atoms with E-state index >= 15 is 0 Å². The first-order valence-electron chi connectivity index (χ1n) is 7.41. The molecule has 0 spiro atoms. The molecule has 2 rings (SSSR count). The Kier molecular flexibility index (Phi) is 5.15. The number of rotatable bonds is 5. The van der Waals surface area contributed by atoms with Crippen molar-refractivity contribution >= 4 is 11.6 Å². The minimum absolute atomic E-state index is 0.00938. The van der Waals surface area contributed by atoms with Gasteiger partial charge in [-0.05, 0) is 49.1 Å². The Morgan fingerprint density at radius 2 is 2.00 bits per heavy atom. The molecule has 1 amide bonds. The quantitative estimate of drug-likeness (QED) is 0.912. The Bertz CT molecular complexity index is 666. The van der Waals surface area contributed by atoms with Crippen molar-refractivity contribution in [3.8, 4) is 5.75 Å². The Labute approximate surface area is 131 Å². The van der Waals surface area contributed by atoms with Crippen molar-refractivity contribution in [3.63, 3.8) is 0 Å². The maximum atomic E-state index is 12.0. The highest BCUT2D eigenvalue weighted by molar-refractivity contribution is 5.91. The molecule has 1 N–H and O–H groups in total. The highest BCUT2D eigenvalue weighted by Crippen LogP contribution is 2.27. The van der Waals surface area contributed by atoms with Crippen LogP contribution in [0.4, 0.5) is 5.69 Å². The molecule has 0 radical (unpaired) electrons. The second-order valence-corrected chi connectivity index (χ2v) is 5.72. The number of aromatic nitrogens is 1. The van der Waals surface area contributed by atoms with Gasteiger partial charge in [0.05, 0.1) is 0 Å². The van der Waals surface area contributed by atoms with Gasteiger partial charge in [-0.3, -0.25) is 9.78 Å². The number of pyridine rings is 1. The van der Waals surface area contributed by atoms with Gasteiger partial charge in [-0.2, -0.15) is 0 Å². The maximum absolute atomic E-state index is 12.0. The summed E-state index contributed by atoms with van der Waals surface area (Å²) >= 11 is 0. The molecule has 0 fully saturated rings. The van der Waals surface area contributed by atoms with Crippen LogP contribution in [0, 0.1) is 13.8 Å². The molecule has 0 bridgehead atoms. The van der Waals surface area contributed by atoms with Crippen LogP contribution in [0.2, 0.25) is 0 Å². The van der Waals surface area contributed by atoms with Gasteiger partial charge in [-0.15, -0.1) is 0 Å². The number of ether oxygens (including phenoxy) is 1. The van der Waals surface area contributed by atoms with Crippen LogP contribution in [-0.4, -0.2) is 17.5 Å². The first-order valence-corrected chi connectivity index (χ1v) is 7.41. The van der Waals surface area contributed by atoms with E-state index in [1.807, 2.05) is 26.0 Å².